The van der Waals surface area contributed by atoms with Gasteiger partial charge in [0.05, 0.1) is 18.3 Å². The molecule has 294 valence electrons. The summed E-state index contributed by atoms with van der Waals surface area (Å²) in [5.74, 6) is 2.27. The van der Waals surface area contributed by atoms with E-state index in [1.54, 1.807) is 6.07 Å². The Morgan fingerprint density at radius 2 is 1.79 bits per heavy atom. The first kappa shape index (κ1) is 36.6. The lowest BCUT2D eigenvalue weighted by atomic mass is 9.67. The molecule has 4 aromatic heterocycles. The van der Waals surface area contributed by atoms with E-state index >= 15 is 0 Å². The molecule has 1 aliphatic carbocycles. The zero-order valence-corrected chi connectivity index (χ0v) is 32.9. The number of aromatic nitrogens is 6. The predicted molar refractivity (Wildman–Crippen MR) is 214 cm³/mol. The first-order valence-electron chi connectivity index (χ1n) is 20.6. The lowest BCUT2D eigenvalue weighted by Gasteiger charge is -2.54. The predicted octanol–water partition coefficient (Wildman–Crippen LogP) is 7.16. The number of carbonyl (C=O) groups excluding carboxylic acids is 1. The number of piperidine rings is 1. The van der Waals surface area contributed by atoms with Crippen LogP contribution in [0.1, 0.15) is 107 Å². The van der Waals surface area contributed by atoms with Gasteiger partial charge in [-0.1, -0.05) is 31.1 Å². The Kier molecular flexibility index (Phi) is 9.67. The molecule has 3 fully saturated rings. The fourth-order valence-corrected chi connectivity index (χ4v) is 10.0. The zero-order chi connectivity index (χ0) is 38.6. The summed E-state index contributed by atoms with van der Waals surface area (Å²) in [5, 5.41) is 24.7. The Morgan fingerprint density at radius 3 is 2.50 bits per heavy atom. The molecule has 2 saturated heterocycles. The third-order valence-corrected chi connectivity index (χ3v) is 13.2. The normalized spacial score (nSPS) is 21.1. The standard InChI is InChI=1S/C43H53N9O4/c1-5-55-41(54)38(26(2)3)36-21-37(49-56-36)51-24-43(25-51)15-10-30(11-16-43)50-17-12-28(13-18-50)29-22-44-42(45-23-29)52-19-14-33-39(27(52)4)32-20-34(47-48-40(32)46-33)31-8-6-7-9-35(31)53/h6-9,20-23,26-28,30,38,53H,5,10-19,24-25H2,1-4H3,(H,46,48)/t27-,38?/m0/s1. The van der Waals surface area contributed by atoms with E-state index < -0.39 is 5.92 Å². The summed E-state index contributed by atoms with van der Waals surface area (Å²) in [4.78, 5) is 33.3. The number of aromatic amines is 1. The van der Waals surface area contributed by atoms with Crippen molar-refractivity contribution in [2.45, 2.75) is 96.6 Å². The van der Waals surface area contributed by atoms with Gasteiger partial charge >= 0.3 is 5.97 Å². The number of para-hydroxylation sites is 1. The minimum absolute atomic E-state index is 0.0519. The number of rotatable bonds is 9. The largest absolute Gasteiger partial charge is 0.507 e. The number of hydrogen-bond acceptors (Lipinski definition) is 12. The van der Waals surface area contributed by atoms with Crippen molar-refractivity contribution >= 4 is 28.8 Å². The molecule has 9 rings (SSSR count). The molecule has 0 radical (unpaired) electrons. The first-order valence-corrected chi connectivity index (χ1v) is 20.6. The third kappa shape index (κ3) is 6.67. The molecule has 1 saturated carbocycles. The highest BCUT2D eigenvalue weighted by molar-refractivity contribution is 5.86. The second-order valence-corrected chi connectivity index (χ2v) is 16.9. The molecule has 56 heavy (non-hydrogen) atoms. The summed E-state index contributed by atoms with van der Waals surface area (Å²) in [6, 6.07) is 11.9. The average Bonchev–Trinajstić information content (AvgIpc) is 3.83. The minimum atomic E-state index is -0.429. The molecule has 1 aromatic carbocycles. The van der Waals surface area contributed by atoms with Crippen LogP contribution in [0.2, 0.25) is 0 Å². The maximum atomic E-state index is 12.6. The third-order valence-electron chi connectivity index (χ3n) is 13.2. The van der Waals surface area contributed by atoms with Crippen LogP contribution in [0.4, 0.5) is 11.8 Å². The van der Waals surface area contributed by atoms with E-state index in [-0.39, 0.29) is 23.7 Å². The van der Waals surface area contributed by atoms with Gasteiger partial charge in [0.2, 0.25) is 5.95 Å². The molecule has 13 heteroatoms. The number of likely N-dealkylation sites (tertiary alicyclic amines) is 1. The van der Waals surface area contributed by atoms with Crippen molar-refractivity contribution in [2.75, 3.05) is 49.1 Å². The fourth-order valence-electron chi connectivity index (χ4n) is 10.0. The maximum absolute atomic E-state index is 12.6. The molecule has 1 spiro atoms. The van der Waals surface area contributed by atoms with Crippen LogP contribution < -0.4 is 9.80 Å². The molecule has 0 bridgehead atoms. The number of carbonyl (C=O) groups is 1. The van der Waals surface area contributed by atoms with E-state index in [1.807, 2.05) is 51.1 Å². The van der Waals surface area contributed by atoms with Gasteiger partial charge in [-0.3, -0.25) is 4.79 Å². The van der Waals surface area contributed by atoms with E-state index in [1.165, 1.54) is 42.5 Å². The summed E-state index contributed by atoms with van der Waals surface area (Å²) in [7, 11) is 0. The molecular weight excluding hydrogens is 707 g/mol. The van der Waals surface area contributed by atoms with E-state index in [0.29, 0.717) is 41.0 Å². The van der Waals surface area contributed by atoms with Crippen LogP contribution in [0.25, 0.3) is 22.3 Å². The van der Waals surface area contributed by atoms with Crippen molar-refractivity contribution in [1.82, 2.24) is 35.2 Å². The molecule has 13 nitrogen and oxygen atoms in total. The molecule has 4 aliphatic rings. The van der Waals surface area contributed by atoms with Crippen LogP contribution in [-0.2, 0) is 16.0 Å². The number of phenolic OH excluding ortho intramolecular Hbond substituents is 1. The van der Waals surface area contributed by atoms with Gasteiger partial charge in [-0.2, -0.15) is 0 Å². The Bertz CT molecular complexity index is 2170. The van der Waals surface area contributed by atoms with Crippen LogP contribution in [0, 0.1) is 11.3 Å². The molecule has 5 aromatic rings. The van der Waals surface area contributed by atoms with Crippen LogP contribution in [0.3, 0.4) is 0 Å². The van der Waals surface area contributed by atoms with E-state index in [9.17, 15) is 9.90 Å². The number of hydrogen-bond donors (Lipinski definition) is 2. The van der Waals surface area contributed by atoms with Gasteiger partial charge in [0, 0.05) is 78.2 Å². The first-order chi connectivity index (χ1) is 27.2. The molecular formula is C43H53N9O4. The second kappa shape index (κ2) is 14.8. The van der Waals surface area contributed by atoms with Crippen molar-refractivity contribution in [2.24, 2.45) is 11.3 Å². The summed E-state index contributed by atoms with van der Waals surface area (Å²) >= 11 is 0. The van der Waals surface area contributed by atoms with Crippen LogP contribution in [0.5, 0.6) is 5.75 Å². The van der Waals surface area contributed by atoms with Crippen molar-refractivity contribution in [3.8, 4) is 17.0 Å². The summed E-state index contributed by atoms with van der Waals surface area (Å²) < 4.78 is 11.0. The van der Waals surface area contributed by atoms with Crippen molar-refractivity contribution < 1.29 is 19.2 Å². The lowest BCUT2D eigenvalue weighted by molar-refractivity contribution is -0.146. The number of ether oxygens (including phenoxy) is 1. The van der Waals surface area contributed by atoms with Crippen molar-refractivity contribution in [3.63, 3.8) is 0 Å². The molecule has 2 atom stereocenters. The van der Waals surface area contributed by atoms with Gasteiger partial charge in [-0.15, -0.1) is 10.2 Å². The monoisotopic (exact) mass is 759 g/mol. The number of nitrogens with one attached hydrogen (secondary N) is 1. The molecule has 3 aliphatic heterocycles. The number of esters is 1. The number of anilines is 2. The van der Waals surface area contributed by atoms with E-state index in [2.05, 4.69) is 54.4 Å². The van der Waals surface area contributed by atoms with E-state index in [4.69, 9.17) is 19.2 Å². The number of aromatic hydroxyl groups is 1. The number of nitrogens with zero attached hydrogens (tertiary/aromatic N) is 8. The van der Waals surface area contributed by atoms with Gasteiger partial charge in [0.25, 0.3) is 0 Å². The highest BCUT2D eigenvalue weighted by Gasteiger charge is 2.47. The van der Waals surface area contributed by atoms with Gasteiger partial charge < -0.3 is 34.1 Å². The summed E-state index contributed by atoms with van der Waals surface area (Å²) in [5.41, 5.74) is 6.05. The average molecular weight is 760 g/mol. The molecule has 0 amide bonds. The second-order valence-electron chi connectivity index (χ2n) is 16.9. The molecule has 2 N–H and O–H groups in total. The van der Waals surface area contributed by atoms with Crippen LogP contribution >= 0.6 is 0 Å². The molecule has 1 unspecified atom stereocenters. The van der Waals surface area contributed by atoms with Gasteiger partial charge in [0.15, 0.2) is 17.2 Å². The van der Waals surface area contributed by atoms with Crippen LogP contribution in [-0.4, -0.2) is 91.7 Å². The minimum Gasteiger partial charge on any atom is -0.507 e. The fraction of sp³-hybridized carbons (Fsp3) is 0.535. The van der Waals surface area contributed by atoms with Crippen LogP contribution in [0.15, 0.2) is 53.3 Å². The Labute approximate surface area is 327 Å². The van der Waals surface area contributed by atoms with Crippen molar-refractivity contribution in [3.05, 3.63) is 71.4 Å². The van der Waals surface area contributed by atoms with Gasteiger partial charge in [0.1, 0.15) is 11.7 Å². The molecule has 7 heterocycles. The quantitative estimate of drug-likeness (QED) is 0.147. The highest BCUT2D eigenvalue weighted by atomic mass is 16.5. The Morgan fingerprint density at radius 1 is 1.04 bits per heavy atom. The SMILES string of the molecule is CCOC(=O)C(c1cc(N2CC3(CCC(N4CCC(c5cnc(N6CCc7[nH]c8nnc(-c9ccccc9O)cc8c7[C@@H]6C)nc5)CC4)CC3)C2)no1)C(C)C. The van der Waals surface area contributed by atoms with E-state index in [0.717, 1.165) is 74.8 Å². The van der Waals surface area contributed by atoms with Gasteiger partial charge in [-0.05, 0) is 101 Å². The number of benzene rings is 1. The smallest absolute Gasteiger partial charge is 0.317 e. The lowest BCUT2D eigenvalue weighted by Crippen LogP contribution is -2.59. The Balaban J connectivity index is 0.775. The number of fused-ring (bicyclic) bond motifs is 3. The summed E-state index contributed by atoms with van der Waals surface area (Å²) in [6.45, 7) is 13.5. The maximum Gasteiger partial charge on any atom is 0.317 e. The highest BCUT2D eigenvalue weighted by Crippen LogP contribution is 2.47. The zero-order valence-electron chi connectivity index (χ0n) is 32.9. The van der Waals surface area contributed by atoms with Crippen molar-refractivity contribution in [1.29, 1.82) is 0 Å². The van der Waals surface area contributed by atoms with Gasteiger partial charge in [-0.25, -0.2) is 9.97 Å². The number of H-pyrrole nitrogens is 1. The number of phenols is 1. The topological polar surface area (TPSA) is 150 Å². The Hall–Kier alpha value is -5.04. The summed E-state index contributed by atoms with van der Waals surface area (Å²) in [6.07, 6.45) is 12.2.